The van der Waals surface area contributed by atoms with Gasteiger partial charge in [0.05, 0.1) is 12.7 Å². The summed E-state index contributed by atoms with van der Waals surface area (Å²) in [6, 6.07) is 11.9. The predicted molar refractivity (Wildman–Crippen MR) is 130 cm³/mol. The van der Waals surface area contributed by atoms with Crippen LogP contribution in [0.25, 0.3) is 0 Å². The van der Waals surface area contributed by atoms with Gasteiger partial charge in [0, 0.05) is 12.6 Å². The van der Waals surface area contributed by atoms with E-state index in [1.54, 1.807) is 44.4 Å². The van der Waals surface area contributed by atoms with Crippen LogP contribution in [0.3, 0.4) is 0 Å². The van der Waals surface area contributed by atoms with Gasteiger partial charge in [0.1, 0.15) is 23.2 Å². The third-order valence-corrected chi connectivity index (χ3v) is 7.88. The Morgan fingerprint density at radius 3 is 2.29 bits per heavy atom. The Bertz CT molecular complexity index is 1200. The lowest BCUT2D eigenvalue weighted by atomic mass is 10.1. The summed E-state index contributed by atoms with van der Waals surface area (Å²) in [6.45, 7) is 4.95. The molecule has 0 spiro atoms. The first-order valence-electron chi connectivity index (χ1n) is 11.5. The van der Waals surface area contributed by atoms with E-state index in [1.807, 2.05) is 13.8 Å². The summed E-state index contributed by atoms with van der Waals surface area (Å²) in [5.41, 5.74) is 0.761. The van der Waals surface area contributed by atoms with Crippen LogP contribution < -0.4 is 10.1 Å². The number of rotatable bonds is 10. The van der Waals surface area contributed by atoms with Crippen LogP contribution in [0.4, 0.5) is 0 Å². The number of carbonyl (C=O) groups excluding carboxylic acids is 3. The number of benzene rings is 2. The number of fused-ring (bicyclic) bond motifs is 1. The molecule has 1 heterocycles. The van der Waals surface area contributed by atoms with Crippen LogP contribution >= 0.6 is 0 Å². The Balaban J connectivity index is 1.92. The highest BCUT2D eigenvalue weighted by atomic mass is 32.2. The SMILES string of the molecule is CC[C@@H](C)NC(=O)[C@@H](CC)N(Cc1ccc(OC)cc1)C(=O)CN1C(=O)c2ccccc2S1(=O)=O. The summed E-state index contributed by atoms with van der Waals surface area (Å²) in [5, 5.41) is 2.90. The van der Waals surface area contributed by atoms with Crippen molar-refractivity contribution in [1.29, 1.82) is 0 Å². The highest BCUT2D eigenvalue weighted by Gasteiger charge is 2.43. The van der Waals surface area contributed by atoms with E-state index in [4.69, 9.17) is 4.74 Å². The molecule has 0 bridgehead atoms. The van der Waals surface area contributed by atoms with Crippen LogP contribution in [0, 0.1) is 0 Å². The normalized spacial score (nSPS) is 15.8. The molecule has 35 heavy (non-hydrogen) atoms. The fourth-order valence-corrected chi connectivity index (χ4v) is 5.41. The van der Waals surface area contributed by atoms with Crippen molar-refractivity contribution in [2.75, 3.05) is 13.7 Å². The molecule has 0 radical (unpaired) electrons. The Hall–Kier alpha value is -3.40. The lowest BCUT2D eigenvalue weighted by molar-refractivity contribution is -0.141. The van der Waals surface area contributed by atoms with Crippen LogP contribution in [0.2, 0.25) is 0 Å². The molecule has 0 aliphatic carbocycles. The molecule has 10 heteroatoms. The molecule has 3 amide bonds. The number of hydrogen-bond donors (Lipinski definition) is 1. The van der Waals surface area contributed by atoms with E-state index in [1.165, 1.54) is 23.1 Å². The second-order valence-corrected chi connectivity index (χ2v) is 10.3. The van der Waals surface area contributed by atoms with Gasteiger partial charge in [-0.15, -0.1) is 0 Å². The molecule has 188 valence electrons. The number of sulfonamides is 1. The van der Waals surface area contributed by atoms with Crippen molar-refractivity contribution in [2.45, 2.75) is 57.1 Å². The van der Waals surface area contributed by atoms with Crippen LogP contribution in [0.1, 0.15) is 49.5 Å². The quantitative estimate of drug-likeness (QED) is 0.535. The highest BCUT2D eigenvalue weighted by Crippen LogP contribution is 2.30. The predicted octanol–water partition coefficient (Wildman–Crippen LogP) is 2.56. The van der Waals surface area contributed by atoms with Gasteiger partial charge >= 0.3 is 0 Å². The zero-order valence-corrected chi connectivity index (χ0v) is 21.2. The van der Waals surface area contributed by atoms with Crippen molar-refractivity contribution in [3.8, 4) is 5.75 Å². The summed E-state index contributed by atoms with van der Waals surface area (Å²) in [4.78, 5) is 40.7. The topological polar surface area (TPSA) is 113 Å². The van der Waals surface area contributed by atoms with Crippen molar-refractivity contribution in [2.24, 2.45) is 0 Å². The Morgan fingerprint density at radius 2 is 1.71 bits per heavy atom. The zero-order valence-electron chi connectivity index (χ0n) is 20.4. The first kappa shape index (κ1) is 26.2. The summed E-state index contributed by atoms with van der Waals surface area (Å²) in [5.74, 6) is -1.09. The Kier molecular flexibility index (Phi) is 8.16. The summed E-state index contributed by atoms with van der Waals surface area (Å²) in [7, 11) is -2.62. The number of ether oxygens (including phenoxy) is 1. The van der Waals surface area contributed by atoms with Crippen molar-refractivity contribution in [3.05, 3.63) is 59.7 Å². The number of amides is 3. The standard InChI is InChI=1S/C25H31N3O6S/c1-5-17(3)26-24(30)21(6-2)27(15-18-11-13-19(34-4)14-12-18)23(29)16-28-25(31)20-9-7-8-10-22(20)35(28,32)33/h7-14,17,21H,5-6,15-16H2,1-4H3,(H,26,30)/t17-,21-/m1/s1. The van der Waals surface area contributed by atoms with Gasteiger partial charge in [-0.1, -0.05) is 38.1 Å². The van der Waals surface area contributed by atoms with Crippen LogP contribution in [-0.4, -0.2) is 61.1 Å². The van der Waals surface area contributed by atoms with Gasteiger partial charge < -0.3 is 15.0 Å². The molecule has 1 aliphatic rings. The fraction of sp³-hybridized carbons (Fsp3) is 0.400. The monoisotopic (exact) mass is 501 g/mol. The average molecular weight is 502 g/mol. The van der Waals surface area contributed by atoms with Crippen molar-refractivity contribution < 1.29 is 27.5 Å². The average Bonchev–Trinajstić information content (AvgIpc) is 3.04. The number of hydrogen-bond acceptors (Lipinski definition) is 6. The first-order chi connectivity index (χ1) is 16.6. The highest BCUT2D eigenvalue weighted by molar-refractivity contribution is 7.90. The lowest BCUT2D eigenvalue weighted by Gasteiger charge is -2.32. The van der Waals surface area contributed by atoms with Crippen molar-refractivity contribution >= 4 is 27.7 Å². The maximum atomic E-state index is 13.5. The van der Waals surface area contributed by atoms with E-state index < -0.39 is 34.4 Å². The number of methoxy groups -OCH3 is 1. The molecular weight excluding hydrogens is 470 g/mol. The van der Waals surface area contributed by atoms with Gasteiger partial charge in [-0.3, -0.25) is 14.4 Å². The third kappa shape index (κ3) is 5.48. The molecule has 1 N–H and O–H groups in total. The minimum absolute atomic E-state index is 0.0311. The van der Waals surface area contributed by atoms with E-state index in [2.05, 4.69) is 5.32 Å². The second kappa shape index (κ2) is 10.9. The third-order valence-electron chi connectivity index (χ3n) is 6.09. The Morgan fingerprint density at radius 1 is 1.06 bits per heavy atom. The number of carbonyl (C=O) groups is 3. The van der Waals surface area contributed by atoms with Gasteiger partial charge in [-0.2, -0.15) is 0 Å². The summed E-state index contributed by atoms with van der Waals surface area (Å²) in [6.07, 6.45) is 1.03. The van der Waals surface area contributed by atoms with Gasteiger partial charge in [-0.05, 0) is 49.6 Å². The minimum Gasteiger partial charge on any atom is -0.497 e. The van der Waals surface area contributed by atoms with Crippen molar-refractivity contribution in [1.82, 2.24) is 14.5 Å². The van der Waals surface area contributed by atoms with E-state index >= 15 is 0 Å². The molecule has 0 aromatic heterocycles. The number of nitrogens with one attached hydrogen (secondary N) is 1. The van der Waals surface area contributed by atoms with Crippen LogP contribution in [0.5, 0.6) is 5.75 Å². The fourth-order valence-electron chi connectivity index (χ4n) is 3.89. The molecular formula is C25H31N3O6S. The van der Waals surface area contributed by atoms with E-state index in [9.17, 15) is 22.8 Å². The molecule has 1 aliphatic heterocycles. The maximum Gasteiger partial charge on any atom is 0.269 e. The summed E-state index contributed by atoms with van der Waals surface area (Å²) >= 11 is 0. The smallest absolute Gasteiger partial charge is 0.269 e. The molecule has 2 atom stereocenters. The van der Waals surface area contributed by atoms with Crippen molar-refractivity contribution in [3.63, 3.8) is 0 Å². The largest absolute Gasteiger partial charge is 0.497 e. The van der Waals surface area contributed by atoms with Crippen LogP contribution in [-0.2, 0) is 26.2 Å². The lowest BCUT2D eigenvalue weighted by Crippen LogP contribution is -2.53. The van der Waals surface area contributed by atoms with E-state index in [0.717, 1.165) is 5.56 Å². The molecule has 0 unspecified atom stereocenters. The summed E-state index contributed by atoms with van der Waals surface area (Å²) < 4.78 is 31.7. The van der Waals surface area contributed by atoms with E-state index in [0.29, 0.717) is 22.9 Å². The number of nitrogens with zero attached hydrogens (tertiary/aromatic N) is 2. The van der Waals surface area contributed by atoms with E-state index in [-0.39, 0.29) is 29.0 Å². The van der Waals surface area contributed by atoms with Gasteiger partial charge in [-0.25, -0.2) is 12.7 Å². The first-order valence-corrected chi connectivity index (χ1v) is 13.0. The Labute approximate surface area is 206 Å². The molecule has 0 fully saturated rings. The van der Waals surface area contributed by atoms with Gasteiger partial charge in [0.25, 0.3) is 15.9 Å². The van der Waals surface area contributed by atoms with Gasteiger partial charge in [0.15, 0.2) is 0 Å². The molecule has 0 saturated heterocycles. The van der Waals surface area contributed by atoms with Crippen LogP contribution in [0.15, 0.2) is 53.4 Å². The second-order valence-electron chi connectivity index (χ2n) is 8.42. The zero-order chi connectivity index (χ0) is 25.8. The molecule has 2 aromatic rings. The molecule has 3 rings (SSSR count). The van der Waals surface area contributed by atoms with Gasteiger partial charge in [0.2, 0.25) is 11.8 Å². The maximum absolute atomic E-state index is 13.5. The molecule has 9 nitrogen and oxygen atoms in total. The molecule has 0 saturated carbocycles. The minimum atomic E-state index is -4.16. The molecule has 2 aromatic carbocycles.